The minimum atomic E-state index is -1.05. The molecule has 1 aliphatic heterocycles. The van der Waals surface area contributed by atoms with Gasteiger partial charge in [-0.1, -0.05) is 6.92 Å². The molecule has 2 N–H and O–H groups in total. The Balaban J connectivity index is 2.67. The van der Waals surface area contributed by atoms with Crippen molar-refractivity contribution in [3.8, 4) is 0 Å². The highest BCUT2D eigenvalue weighted by molar-refractivity contribution is 5.79. The molecular weight excluding hydrogens is 236 g/mol. The van der Waals surface area contributed by atoms with Gasteiger partial charge >= 0.3 is 12.0 Å². The van der Waals surface area contributed by atoms with Crippen LogP contribution < -0.4 is 5.32 Å². The van der Waals surface area contributed by atoms with Gasteiger partial charge in [-0.2, -0.15) is 0 Å². The van der Waals surface area contributed by atoms with Crippen molar-refractivity contribution in [3.63, 3.8) is 0 Å². The van der Waals surface area contributed by atoms with Crippen LogP contribution in [0.25, 0.3) is 0 Å². The highest BCUT2D eigenvalue weighted by Crippen LogP contribution is 2.28. The Morgan fingerprint density at radius 2 is 2.22 bits per heavy atom. The lowest BCUT2D eigenvalue weighted by Crippen LogP contribution is -2.53. The molecule has 0 radical (unpaired) electrons. The number of hydrogen-bond donors (Lipinski definition) is 2. The lowest BCUT2D eigenvalue weighted by molar-refractivity contribution is -0.148. The average Bonchev–Trinajstić information content (AvgIpc) is 2.70. The number of nitrogens with zero attached hydrogens (tertiary/aromatic N) is 1. The zero-order valence-corrected chi connectivity index (χ0v) is 11.4. The summed E-state index contributed by atoms with van der Waals surface area (Å²) >= 11 is 0. The number of hydrogen-bond acceptors (Lipinski definition) is 3. The highest BCUT2D eigenvalue weighted by Gasteiger charge is 2.47. The second-order valence-electron chi connectivity index (χ2n) is 5.11. The van der Waals surface area contributed by atoms with Crippen LogP contribution in [0.2, 0.25) is 0 Å². The Hall–Kier alpha value is -1.30. The van der Waals surface area contributed by atoms with E-state index in [0.29, 0.717) is 0 Å². The molecule has 1 heterocycles. The number of carbonyl (C=O) groups is 2. The lowest BCUT2D eigenvalue weighted by Gasteiger charge is -2.30. The van der Waals surface area contributed by atoms with Crippen LogP contribution in [0.3, 0.4) is 0 Å². The molecule has 3 unspecified atom stereocenters. The summed E-state index contributed by atoms with van der Waals surface area (Å²) in [5.74, 6) is -0.948. The van der Waals surface area contributed by atoms with Crippen LogP contribution in [0.5, 0.6) is 0 Å². The van der Waals surface area contributed by atoms with Crippen LogP contribution in [-0.4, -0.2) is 54.4 Å². The monoisotopic (exact) mass is 258 g/mol. The van der Waals surface area contributed by atoms with E-state index in [1.165, 1.54) is 0 Å². The lowest BCUT2D eigenvalue weighted by atomic mass is 9.85. The van der Waals surface area contributed by atoms with E-state index in [0.717, 1.165) is 6.42 Å². The van der Waals surface area contributed by atoms with Gasteiger partial charge in [-0.3, -0.25) is 4.79 Å². The van der Waals surface area contributed by atoms with Crippen LogP contribution in [0.1, 0.15) is 27.2 Å². The van der Waals surface area contributed by atoms with E-state index in [9.17, 15) is 14.7 Å². The molecule has 0 aromatic rings. The Bertz CT molecular complexity index is 334. The molecule has 0 spiro atoms. The zero-order valence-electron chi connectivity index (χ0n) is 11.4. The molecule has 0 bridgehead atoms. The van der Waals surface area contributed by atoms with Crippen molar-refractivity contribution in [3.05, 3.63) is 0 Å². The fourth-order valence-corrected chi connectivity index (χ4v) is 1.81. The Morgan fingerprint density at radius 1 is 1.61 bits per heavy atom. The topological polar surface area (TPSA) is 78.9 Å². The number of rotatable bonds is 4. The van der Waals surface area contributed by atoms with Crippen LogP contribution >= 0.6 is 0 Å². The third kappa shape index (κ3) is 2.75. The number of aliphatic carboxylic acids is 1. The number of carboxylic acids is 1. The van der Waals surface area contributed by atoms with Gasteiger partial charge in [0, 0.05) is 13.1 Å². The van der Waals surface area contributed by atoms with Crippen molar-refractivity contribution in [1.82, 2.24) is 10.2 Å². The van der Waals surface area contributed by atoms with E-state index in [2.05, 4.69) is 5.32 Å². The number of nitrogens with one attached hydrogen (secondary N) is 1. The van der Waals surface area contributed by atoms with Crippen molar-refractivity contribution in [2.45, 2.75) is 39.3 Å². The number of amides is 2. The summed E-state index contributed by atoms with van der Waals surface area (Å²) in [5, 5.41) is 12.0. The summed E-state index contributed by atoms with van der Waals surface area (Å²) in [6.07, 6.45) is 0.848. The molecule has 104 valence electrons. The van der Waals surface area contributed by atoms with Gasteiger partial charge in [0.2, 0.25) is 0 Å². The predicted molar refractivity (Wildman–Crippen MR) is 66.4 cm³/mol. The second kappa shape index (κ2) is 5.56. The fourth-order valence-electron chi connectivity index (χ4n) is 1.81. The Morgan fingerprint density at radius 3 is 2.72 bits per heavy atom. The van der Waals surface area contributed by atoms with E-state index in [4.69, 9.17) is 4.74 Å². The maximum atomic E-state index is 12.0. The summed E-state index contributed by atoms with van der Waals surface area (Å²) in [6, 6.07) is -0.635. The molecule has 3 atom stereocenters. The number of carbonyl (C=O) groups excluding carboxylic acids is 1. The maximum Gasteiger partial charge on any atom is 0.317 e. The van der Waals surface area contributed by atoms with Gasteiger partial charge in [0.15, 0.2) is 0 Å². The van der Waals surface area contributed by atoms with Crippen LogP contribution in [0.15, 0.2) is 0 Å². The van der Waals surface area contributed by atoms with Gasteiger partial charge in [-0.05, 0) is 20.3 Å². The molecular formula is C12H22N2O4. The molecule has 0 aliphatic carbocycles. The first-order valence-electron chi connectivity index (χ1n) is 6.17. The average molecular weight is 258 g/mol. The third-order valence-corrected chi connectivity index (χ3v) is 3.81. The van der Waals surface area contributed by atoms with Crippen LogP contribution in [0, 0.1) is 5.41 Å². The first-order valence-corrected chi connectivity index (χ1v) is 6.17. The fraction of sp³-hybridized carbons (Fsp3) is 0.833. The van der Waals surface area contributed by atoms with Gasteiger partial charge in [0.1, 0.15) is 5.41 Å². The SMILES string of the molecule is CCC(C)N(C)C(=O)NC1COCC1(C)C(=O)O. The van der Waals surface area contributed by atoms with Gasteiger partial charge < -0.3 is 20.1 Å². The van der Waals surface area contributed by atoms with Crippen molar-refractivity contribution in [1.29, 1.82) is 0 Å². The summed E-state index contributed by atoms with van der Waals surface area (Å²) in [6.45, 7) is 5.90. The van der Waals surface area contributed by atoms with Gasteiger partial charge in [0.05, 0.1) is 19.3 Å². The molecule has 6 heteroatoms. The molecule has 0 aromatic carbocycles. The molecule has 1 fully saturated rings. The van der Waals surface area contributed by atoms with E-state index in [1.807, 2.05) is 13.8 Å². The number of urea groups is 1. The summed E-state index contributed by atoms with van der Waals surface area (Å²) in [4.78, 5) is 24.8. The quantitative estimate of drug-likeness (QED) is 0.785. The van der Waals surface area contributed by atoms with Crippen LogP contribution in [0.4, 0.5) is 4.79 Å². The molecule has 1 aliphatic rings. The van der Waals surface area contributed by atoms with Crippen LogP contribution in [-0.2, 0) is 9.53 Å². The van der Waals surface area contributed by atoms with E-state index < -0.39 is 17.4 Å². The summed E-state index contributed by atoms with van der Waals surface area (Å²) in [7, 11) is 1.71. The first kappa shape index (κ1) is 14.8. The molecule has 0 saturated carbocycles. The molecule has 18 heavy (non-hydrogen) atoms. The third-order valence-electron chi connectivity index (χ3n) is 3.81. The minimum absolute atomic E-state index is 0.114. The van der Waals surface area contributed by atoms with Crippen molar-refractivity contribution in [2.24, 2.45) is 5.41 Å². The molecule has 1 saturated heterocycles. The van der Waals surface area contributed by atoms with Crippen molar-refractivity contribution < 1.29 is 19.4 Å². The smallest absolute Gasteiger partial charge is 0.317 e. The highest BCUT2D eigenvalue weighted by atomic mass is 16.5. The molecule has 2 amide bonds. The van der Waals surface area contributed by atoms with E-state index >= 15 is 0 Å². The minimum Gasteiger partial charge on any atom is -0.481 e. The maximum absolute atomic E-state index is 12.0. The first-order chi connectivity index (χ1) is 8.32. The Labute approximate surface area is 107 Å². The number of carboxylic acid groups (broad SMARTS) is 1. The van der Waals surface area contributed by atoms with E-state index in [-0.39, 0.29) is 25.3 Å². The number of ether oxygens (including phenoxy) is 1. The summed E-state index contributed by atoms with van der Waals surface area (Å²) in [5.41, 5.74) is -1.05. The zero-order chi connectivity index (χ0) is 13.9. The molecule has 1 rings (SSSR count). The van der Waals surface area contributed by atoms with Crippen molar-refractivity contribution in [2.75, 3.05) is 20.3 Å². The second-order valence-corrected chi connectivity index (χ2v) is 5.11. The van der Waals surface area contributed by atoms with Crippen molar-refractivity contribution >= 4 is 12.0 Å². The molecule has 0 aromatic heterocycles. The van der Waals surface area contributed by atoms with Gasteiger partial charge in [-0.25, -0.2) is 4.79 Å². The summed E-state index contributed by atoms with van der Waals surface area (Å²) < 4.78 is 5.19. The molecule has 6 nitrogen and oxygen atoms in total. The predicted octanol–water partition coefficient (Wildman–Crippen LogP) is 0.916. The standard InChI is InChI=1S/C12H22N2O4/c1-5-8(2)14(4)11(17)13-9-6-18-7-12(9,3)10(15)16/h8-9H,5-7H2,1-4H3,(H,13,17)(H,15,16). The van der Waals surface area contributed by atoms with E-state index in [1.54, 1.807) is 18.9 Å². The largest absolute Gasteiger partial charge is 0.481 e. The van der Waals surface area contributed by atoms with Gasteiger partial charge in [0.25, 0.3) is 0 Å². The van der Waals surface area contributed by atoms with Gasteiger partial charge in [-0.15, -0.1) is 0 Å². The normalized spacial score (nSPS) is 28.8. The Kier molecular flexibility index (Phi) is 4.56.